The van der Waals surface area contributed by atoms with Crippen molar-refractivity contribution in [2.45, 2.75) is 45.1 Å². The third-order valence-corrected chi connectivity index (χ3v) is 6.19. The summed E-state index contributed by atoms with van der Waals surface area (Å²) < 4.78 is 0. The first-order chi connectivity index (χ1) is 14.1. The minimum Gasteiger partial charge on any atom is -0.371 e. The van der Waals surface area contributed by atoms with E-state index in [0.29, 0.717) is 18.1 Å². The summed E-state index contributed by atoms with van der Waals surface area (Å²) in [5, 5.41) is 5.78. The molecule has 3 rings (SSSR count). The number of benzene rings is 1. The van der Waals surface area contributed by atoms with Gasteiger partial charge in [-0.05, 0) is 37.5 Å². The van der Waals surface area contributed by atoms with E-state index in [4.69, 9.17) is 0 Å². The van der Waals surface area contributed by atoms with Crippen molar-refractivity contribution in [3.05, 3.63) is 24.3 Å². The van der Waals surface area contributed by atoms with Gasteiger partial charge in [0.2, 0.25) is 17.7 Å². The highest BCUT2D eigenvalue weighted by molar-refractivity contribution is 8.00. The highest BCUT2D eigenvalue weighted by atomic mass is 32.2. The van der Waals surface area contributed by atoms with E-state index in [9.17, 15) is 14.4 Å². The van der Waals surface area contributed by atoms with E-state index in [1.165, 1.54) is 29.5 Å². The fraction of sp³-hybridized carbons (Fsp3) is 0.571. The summed E-state index contributed by atoms with van der Waals surface area (Å²) >= 11 is 1.50. The Kier molecular flexibility index (Phi) is 7.80. The van der Waals surface area contributed by atoms with E-state index in [1.54, 1.807) is 0 Å². The van der Waals surface area contributed by atoms with Crippen molar-refractivity contribution in [2.24, 2.45) is 0 Å². The summed E-state index contributed by atoms with van der Waals surface area (Å²) in [5.74, 6) is 0.413. The fourth-order valence-corrected chi connectivity index (χ4v) is 4.52. The molecule has 2 fully saturated rings. The van der Waals surface area contributed by atoms with Crippen molar-refractivity contribution < 1.29 is 14.4 Å². The van der Waals surface area contributed by atoms with Gasteiger partial charge in [0.15, 0.2) is 0 Å². The van der Waals surface area contributed by atoms with Gasteiger partial charge in [0.05, 0.1) is 11.6 Å². The van der Waals surface area contributed by atoms with Crippen LogP contribution in [-0.2, 0) is 14.4 Å². The first kappa shape index (κ1) is 21.5. The second-order valence-corrected chi connectivity index (χ2v) is 8.52. The molecule has 1 aromatic carbocycles. The molecule has 0 bridgehead atoms. The second-order valence-electron chi connectivity index (χ2n) is 7.57. The lowest BCUT2D eigenvalue weighted by Gasteiger charge is -2.22. The van der Waals surface area contributed by atoms with Crippen LogP contribution >= 0.6 is 11.8 Å². The Morgan fingerprint density at radius 3 is 2.72 bits per heavy atom. The number of nitrogens with zero attached hydrogens (tertiary/aromatic N) is 2. The predicted molar refractivity (Wildman–Crippen MR) is 117 cm³/mol. The zero-order valence-corrected chi connectivity index (χ0v) is 17.8. The van der Waals surface area contributed by atoms with Gasteiger partial charge in [0, 0.05) is 24.5 Å². The minimum absolute atomic E-state index is 0.00613. The molecule has 2 aliphatic rings. The van der Waals surface area contributed by atoms with Gasteiger partial charge in [-0.25, -0.2) is 0 Å². The number of nitrogens with one attached hydrogen (secondary N) is 2. The maximum absolute atomic E-state index is 12.9. The highest BCUT2D eigenvalue weighted by Crippen LogP contribution is 2.23. The van der Waals surface area contributed by atoms with E-state index in [0.717, 1.165) is 37.3 Å². The molecule has 1 aromatic rings. The monoisotopic (exact) mass is 418 g/mol. The molecule has 2 N–H and O–H groups in total. The fourth-order valence-electron chi connectivity index (χ4n) is 3.62. The summed E-state index contributed by atoms with van der Waals surface area (Å²) in [6.45, 7) is 4.14. The predicted octanol–water partition coefficient (Wildman–Crippen LogP) is 2.43. The van der Waals surface area contributed by atoms with Crippen LogP contribution in [0.4, 0.5) is 11.4 Å². The van der Waals surface area contributed by atoms with Crippen LogP contribution in [0.25, 0.3) is 0 Å². The number of carbonyl (C=O) groups excluding carboxylic acids is 3. The van der Waals surface area contributed by atoms with Crippen LogP contribution in [0.3, 0.4) is 0 Å². The Bertz CT molecular complexity index is 736. The standard InChI is InChI=1S/C21H30N4O3S/c1-2-3-9-18(23-19(26)13-25-15-29-14-20(25)27)21(28)22-16-7-6-8-17(12-16)24-10-4-5-11-24/h6-8,12,18H,2-5,9-11,13-15H2,1H3,(H,22,28)(H,23,26). The molecule has 158 valence electrons. The molecular weight excluding hydrogens is 388 g/mol. The highest BCUT2D eigenvalue weighted by Gasteiger charge is 2.26. The summed E-state index contributed by atoms with van der Waals surface area (Å²) in [6.07, 6.45) is 4.73. The lowest BCUT2D eigenvalue weighted by atomic mass is 10.1. The zero-order valence-electron chi connectivity index (χ0n) is 17.0. The molecule has 7 nitrogen and oxygen atoms in total. The quantitative estimate of drug-likeness (QED) is 0.644. The van der Waals surface area contributed by atoms with E-state index < -0.39 is 6.04 Å². The Balaban J connectivity index is 1.60. The van der Waals surface area contributed by atoms with Crippen LogP contribution in [0.2, 0.25) is 0 Å². The zero-order chi connectivity index (χ0) is 20.6. The molecular formula is C21H30N4O3S. The van der Waals surface area contributed by atoms with Gasteiger partial charge in [-0.3, -0.25) is 14.4 Å². The molecule has 0 saturated carbocycles. The number of amides is 3. The molecule has 1 unspecified atom stereocenters. The van der Waals surface area contributed by atoms with Gasteiger partial charge in [0.1, 0.15) is 12.6 Å². The molecule has 2 heterocycles. The first-order valence-corrected chi connectivity index (χ1v) is 11.5. The average molecular weight is 419 g/mol. The lowest BCUT2D eigenvalue weighted by molar-refractivity contribution is -0.133. The van der Waals surface area contributed by atoms with Crippen LogP contribution in [0.1, 0.15) is 39.0 Å². The number of rotatable bonds is 9. The molecule has 2 aliphatic heterocycles. The van der Waals surface area contributed by atoms with Gasteiger partial charge in [-0.1, -0.05) is 25.8 Å². The largest absolute Gasteiger partial charge is 0.371 e. The van der Waals surface area contributed by atoms with Gasteiger partial charge in [-0.15, -0.1) is 11.8 Å². The molecule has 3 amide bonds. The number of hydrogen-bond donors (Lipinski definition) is 2. The van der Waals surface area contributed by atoms with Crippen LogP contribution in [0, 0.1) is 0 Å². The topological polar surface area (TPSA) is 81.8 Å². The Morgan fingerprint density at radius 1 is 1.24 bits per heavy atom. The number of carbonyl (C=O) groups is 3. The number of anilines is 2. The Labute approximate surface area is 176 Å². The summed E-state index contributed by atoms with van der Waals surface area (Å²) in [6, 6.07) is 7.25. The molecule has 2 saturated heterocycles. The molecule has 0 aromatic heterocycles. The van der Waals surface area contributed by atoms with Crippen molar-refractivity contribution in [1.29, 1.82) is 0 Å². The third-order valence-electron chi connectivity index (χ3n) is 5.24. The molecule has 1 atom stereocenters. The van der Waals surface area contributed by atoms with Crippen LogP contribution < -0.4 is 15.5 Å². The first-order valence-electron chi connectivity index (χ1n) is 10.4. The van der Waals surface area contributed by atoms with Crippen LogP contribution in [0.5, 0.6) is 0 Å². The molecule has 8 heteroatoms. The number of thioether (sulfide) groups is 1. The maximum atomic E-state index is 12.9. The second kappa shape index (κ2) is 10.5. The Morgan fingerprint density at radius 2 is 2.03 bits per heavy atom. The van der Waals surface area contributed by atoms with E-state index >= 15 is 0 Å². The van der Waals surface area contributed by atoms with Crippen molar-refractivity contribution in [1.82, 2.24) is 10.2 Å². The molecule has 0 radical (unpaired) electrons. The van der Waals surface area contributed by atoms with E-state index in [-0.39, 0.29) is 24.3 Å². The maximum Gasteiger partial charge on any atom is 0.246 e. The van der Waals surface area contributed by atoms with Crippen molar-refractivity contribution in [2.75, 3.05) is 41.5 Å². The van der Waals surface area contributed by atoms with E-state index in [2.05, 4.69) is 28.5 Å². The molecule has 0 spiro atoms. The van der Waals surface area contributed by atoms with Gasteiger partial charge in [-0.2, -0.15) is 0 Å². The van der Waals surface area contributed by atoms with E-state index in [1.807, 2.05) is 18.2 Å². The third kappa shape index (κ3) is 6.13. The SMILES string of the molecule is CCCCC(NC(=O)CN1CSCC1=O)C(=O)Nc1cccc(N2CCCC2)c1. The van der Waals surface area contributed by atoms with Crippen LogP contribution in [0.15, 0.2) is 24.3 Å². The van der Waals surface area contributed by atoms with Crippen molar-refractivity contribution in [3.8, 4) is 0 Å². The minimum atomic E-state index is -0.608. The molecule has 0 aliphatic carbocycles. The number of hydrogen-bond acceptors (Lipinski definition) is 5. The van der Waals surface area contributed by atoms with Gasteiger partial charge in [0.25, 0.3) is 0 Å². The average Bonchev–Trinajstić information content (AvgIpc) is 3.38. The van der Waals surface area contributed by atoms with Crippen molar-refractivity contribution in [3.63, 3.8) is 0 Å². The smallest absolute Gasteiger partial charge is 0.246 e. The Hall–Kier alpha value is -2.22. The number of unbranched alkanes of at least 4 members (excludes halogenated alkanes) is 1. The van der Waals surface area contributed by atoms with Gasteiger partial charge < -0.3 is 20.4 Å². The summed E-state index contributed by atoms with van der Waals surface area (Å²) in [7, 11) is 0. The summed E-state index contributed by atoms with van der Waals surface area (Å²) in [5.41, 5.74) is 1.85. The summed E-state index contributed by atoms with van der Waals surface area (Å²) in [4.78, 5) is 40.8. The normalized spacial score (nSPS) is 17.5. The van der Waals surface area contributed by atoms with Gasteiger partial charge >= 0.3 is 0 Å². The van der Waals surface area contributed by atoms with Crippen LogP contribution in [-0.4, -0.2) is 59.9 Å². The van der Waals surface area contributed by atoms with Crippen molar-refractivity contribution >= 4 is 40.9 Å². The lowest BCUT2D eigenvalue weighted by Crippen LogP contribution is -2.47. The molecule has 29 heavy (non-hydrogen) atoms.